The first kappa shape index (κ1) is 14.9. The largest absolute Gasteiger partial charge is 0.350 e. The smallest absolute Gasteiger partial charge is 0.252 e. The van der Waals surface area contributed by atoms with Gasteiger partial charge in [-0.3, -0.25) is 4.79 Å². The Kier molecular flexibility index (Phi) is 5.11. The lowest BCUT2D eigenvalue weighted by molar-refractivity contribution is 0.0942. The van der Waals surface area contributed by atoms with E-state index in [4.69, 9.17) is 17.3 Å². The van der Waals surface area contributed by atoms with Crippen molar-refractivity contribution in [3.8, 4) is 0 Å². The summed E-state index contributed by atoms with van der Waals surface area (Å²) in [6.45, 7) is 4.31. The molecular weight excluding hydrogens is 255 g/mol. The second-order valence-electron chi connectivity index (χ2n) is 4.38. The van der Waals surface area contributed by atoms with Gasteiger partial charge in [0.05, 0.1) is 10.6 Å². The summed E-state index contributed by atoms with van der Waals surface area (Å²) in [4.78, 5) is 11.9. The van der Waals surface area contributed by atoms with Crippen LogP contribution in [-0.4, -0.2) is 18.0 Å². The van der Waals surface area contributed by atoms with Crippen molar-refractivity contribution in [3.05, 3.63) is 34.6 Å². The third-order valence-electron chi connectivity index (χ3n) is 3.19. The van der Waals surface area contributed by atoms with Gasteiger partial charge in [0.25, 0.3) is 5.91 Å². The highest BCUT2D eigenvalue weighted by Gasteiger charge is 2.21. The molecule has 0 bridgehead atoms. The van der Waals surface area contributed by atoms with Gasteiger partial charge in [-0.05, 0) is 31.0 Å². The molecule has 0 heterocycles. The Morgan fingerprint density at radius 2 is 2.06 bits per heavy atom. The zero-order valence-electron chi connectivity index (χ0n) is 10.6. The first-order valence-electron chi connectivity index (χ1n) is 5.94. The summed E-state index contributed by atoms with van der Waals surface area (Å²) in [6, 6.07) is 3.69. The number of carbonyl (C=O) groups is 1. The number of nitrogens with two attached hydrogens (primary N) is 1. The van der Waals surface area contributed by atoms with Crippen molar-refractivity contribution in [1.82, 2.24) is 5.32 Å². The van der Waals surface area contributed by atoms with Gasteiger partial charge >= 0.3 is 0 Å². The Labute approximate surface area is 112 Å². The zero-order chi connectivity index (χ0) is 13.8. The summed E-state index contributed by atoms with van der Waals surface area (Å²) in [5.74, 6) is -0.802. The Hall–Kier alpha value is -1.13. The van der Waals surface area contributed by atoms with Crippen LogP contribution in [0.5, 0.6) is 0 Å². The molecule has 0 fully saturated rings. The van der Waals surface area contributed by atoms with Crippen LogP contribution in [0, 0.1) is 5.82 Å². The minimum atomic E-state index is -0.466. The molecule has 0 saturated heterocycles. The van der Waals surface area contributed by atoms with Crippen molar-refractivity contribution in [2.75, 3.05) is 6.54 Å². The van der Waals surface area contributed by atoms with E-state index in [-0.39, 0.29) is 16.5 Å². The fourth-order valence-electron chi connectivity index (χ4n) is 1.53. The Morgan fingerprint density at radius 1 is 1.44 bits per heavy atom. The van der Waals surface area contributed by atoms with Gasteiger partial charge in [0.15, 0.2) is 0 Å². The molecule has 100 valence electrons. The van der Waals surface area contributed by atoms with Crippen LogP contribution in [0.15, 0.2) is 18.2 Å². The van der Waals surface area contributed by atoms with Crippen molar-refractivity contribution in [1.29, 1.82) is 0 Å². The summed E-state index contributed by atoms with van der Waals surface area (Å²) in [7, 11) is 0. The summed E-state index contributed by atoms with van der Waals surface area (Å²) >= 11 is 5.81. The molecule has 0 spiro atoms. The first-order valence-corrected chi connectivity index (χ1v) is 6.32. The van der Waals surface area contributed by atoms with Gasteiger partial charge < -0.3 is 11.1 Å². The minimum absolute atomic E-state index is 0.100. The maximum absolute atomic E-state index is 12.9. The average molecular weight is 273 g/mol. The van der Waals surface area contributed by atoms with E-state index < -0.39 is 11.4 Å². The quantitative estimate of drug-likeness (QED) is 0.866. The van der Waals surface area contributed by atoms with Crippen LogP contribution in [0.3, 0.4) is 0 Å². The molecule has 0 aromatic heterocycles. The summed E-state index contributed by atoms with van der Waals surface area (Å²) < 4.78 is 12.9. The maximum Gasteiger partial charge on any atom is 0.252 e. The Morgan fingerprint density at radius 3 is 2.56 bits per heavy atom. The molecule has 1 aromatic carbocycles. The van der Waals surface area contributed by atoms with Gasteiger partial charge in [-0.2, -0.15) is 0 Å². The maximum atomic E-state index is 12.9. The average Bonchev–Trinajstić information content (AvgIpc) is 2.35. The van der Waals surface area contributed by atoms with Crippen molar-refractivity contribution in [2.24, 2.45) is 5.73 Å². The fraction of sp³-hybridized carbons (Fsp3) is 0.462. The summed E-state index contributed by atoms with van der Waals surface area (Å²) in [5.41, 5.74) is 5.92. The normalized spacial score (nSPS) is 11.4. The van der Waals surface area contributed by atoms with E-state index in [1.54, 1.807) is 0 Å². The Balaban J connectivity index is 2.71. The monoisotopic (exact) mass is 272 g/mol. The molecule has 0 unspecified atom stereocenters. The molecule has 0 atom stereocenters. The highest BCUT2D eigenvalue weighted by atomic mass is 35.5. The minimum Gasteiger partial charge on any atom is -0.350 e. The Bertz CT molecular complexity index is 433. The lowest BCUT2D eigenvalue weighted by Gasteiger charge is -2.26. The van der Waals surface area contributed by atoms with Gasteiger partial charge in [0.1, 0.15) is 5.82 Å². The van der Waals surface area contributed by atoms with Crippen molar-refractivity contribution in [3.63, 3.8) is 0 Å². The number of rotatable bonds is 5. The zero-order valence-corrected chi connectivity index (χ0v) is 11.4. The number of nitrogens with one attached hydrogen (secondary N) is 1. The number of benzene rings is 1. The SMILES string of the molecule is CCC(N)(CC)CNC(=O)c1ccc(F)cc1Cl. The predicted molar refractivity (Wildman–Crippen MR) is 71.2 cm³/mol. The molecule has 0 aliphatic rings. The van der Waals surface area contributed by atoms with Gasteiger partial charge in [-0.1, -0.05) is 25.4 Å². The molecule has 3 N–H and O–H groups in total. The lowest BCUT2D eigenvalue weighted by Crippen LogP contribution is -2.49. The molecule has 1 aromatic rings. The van der Waals surface area contributed by atoms with Crippen LogP contribution in [0.25, 0.3) is 0 Å². The van der Waals surface area contributed by atoms with Crippen molar-refractivity contribution in [2.45, 2.75) is 32.2 Å². The number of hydrogen-bond acceptors (Lipinski definition) is 2. The van der Waals surface area contributed by atoms with Crippen molar-refractivity contribution >= 4 is 17.5 Å². The van der Waals surface area contributed by atoms with Crippen LogP contribution in [0.1, 0.15) is 37.0 Å². The van der Waals surface area contributed by atoms with Gasteiger partial charge in [0.2, 0.25) is 0 Å². The second-order valence-corrected chi connectivity index (χ2v) is 4.78. The number of hydrogen-bond donors (Lipinski definition) is 2. The molecule has 0 radical (unpaired) electrons. The van der Waals surface area contributed by atoms with Crippen molar-refractivity contribution < 1.29 is 9.18 Å². The molecule has 0 aliphatic heterocycles. The fourth-order valence-corrected chi connectivity index (χ4v) is 1.78. The molecule has 0 saturated carbocycles. The van der Waals surface area contributed by atoms with Gasteiger partial charge in [-0.15, -0.1) is 0 Å². The van der Waals surface area contributed by atoms with E-state index in [0.29, 0.717) is 6.54 Å². The van der Waals surface area contributed by atoms with E-state index in [0.717, 1.165) is 18.9 Å². The second kappa shape index (κ2) is 6.16. The topological polar surface area (TPSA) is 55.1 Å². The summed E-state index contributed by atoms with van der Waals surface area (Å²) in [6.07, 6.45) is 1.53. The van der Waals surface area contributed by atoms with Crippen LogP contribution in [0.4, 0.5) is 4.39 Å². The lowest BCUT2D eigenvalue weighted by atomic mass is 9.94. The van der Waals surface area contributed by atoms with Crippen LogP contribution >= 0.6 is 11.6 Å². The third kappa shape index (κ3) is 3.68. The first-order chi connectivity index (χ1) is 8.41. The molecule has 18 heavy (non-hydrogen) atoms. The molecule has 1 rings (SSSR count). The number of amides is 1. The van der Waals surface area contributed by atoms with E-state index in [9.17, 15) is 9.18 Å². The van der Waals surface area contributed by atoms with E-state index >= 15 is 0 Å². The molecule has 3 nitrogen and oxygen atoms in total. The van der Waals surface area contributed by atoms with E-state index in [1.807, 2.05) is 13.8 Å². The number of halogens is 2. The highest BCUT2D eigenvalue weighted by Crippen LogP contribution is 2.17. The molecular formula is C13H18ClFN2O. The van der Waals surface area contributed by atoms with Gasteiger partial charge in [-0.25, -0.2) is 4.39 Å². The van der Waals surface area contributed by atoms with E-state index in [2.05, 4.69) is 5.32 Å². The predicted octanol–water partition coefficient (Wildman–Crippen LogP) is 2.73. The summed E-state index contributed by atoms with van der Waals surface area (Å²) in [5, 5.41) is 2.83. The molecule has 1 amide bonds. The third-order valence-corrected chi connectivity index (χ3v) is 3.50. The molecule has 5 heteroatoms. The molecule has 0 aliphatic carbocycles. The van der Waals surface area contributed by atoms with Gasteiger partial charge in [0, 0.05) is 12.1 Å². The van der Waals surface area contributed by atoms with Crippen LogP contribution in [0.2, 0.25) is 5.02 Å². The standard InChI is InChI=1S/C13H18ClFN2O/c1-3-13(16,4-2)8-17-12(18)10-6-5-9(15)7-11(10)14/h5-7H,3-4,8,16H2,1-2H3,(H,17,18). The van der Waals surface area contributed by atoms with Crippen LogP contribution < -0.4 is 11.1 Å². The van der Waals surface area contributed by atoms with E-state index in [1.165, 1.54) is 12.1 Å². The van der Waals surface area contributed by atoms with Crippen LogP contribution in [-0.2, 0) is 0 Å². The number of carbonyl (C=O) groups excluding carboxylic acids is 1. The highest BCUT2D eigenvalue weighted by molar-refractivity contribution is 6.33.